The van der Waals surface area contributed by atoms with Crippen LogP contribution in [0.15, 0.2) is 30.3 Å². The van der Waals surface area contributed by atoms with Gasteiger partial charge in [-0.15, -0.1) is 0 Å². The Hall–Kier alpha value is -2.90. The number of hydrogen-bond acceptors (Lipinski definition) is 4. The molecule has 1 atom stereocenters. The topological polar surface area (TPSA) is 108 Å². The molecule has 122 valence electrons. The number of imide groups is 2. The van der Waals surface area contributed by atoms with Crippen LogP contribution in [-0.4, -0.2) is 41.9 Å². The van der Waals surface area contributed by atoms with Crippen molar-refractivity contribution in [3.8, 4) is 0 Å². The van der Waals surface area contributed by atoms with Crippen molar-refractivity contribution >= 4 is 23.9 Å². The van der Waals surface area contributed by atoms with E-state index in [0.717, 1.165) is 4.90 Å². The zero-order valence-electron chi connectivity index (χ0n) is 12.9. The van der Waals surface area contributed by atoms with Crippen molar-refractivity contribution in [2.24, 2.45) is 0 Å². The number of rotatable bonds is 4. The normalized spacial score (nSPS) is 20.2. The second kappa shape index (κ2) is 6.47. The fourth-order valence-corrected chi connectivity index (χ4v) is 2.32. The Balaban J connectivity index is 2.10. The molecule has 3 N–H and O–H groups in total. The van der Waals surface area contributed by atoms with Gasteiger partial charge >= 0.3 is 12.1 Å². The summed E-state index contributed by atoms with van der Waals surface area (Å²) in [6, 6.07) is 7.40. The van der Waals surface area contributed by atoms with E-state index in [9.17, 15) is 19.2 Å². The number of carbonyl (C=O) groups is 4. The van der Waals surface area contributed by atoms with E-state index in [4.69, 9.17) is 0 Å². The third kappa shape index (κ3) is 3.31. The zero-order valence-corrected chi connectivity index (χ0v) is 12.9. The molecule has 1 aromatic rings. The summed E-state index contributed by atoms with van der Waals surface area (Å²) in [5, 5.41) is 7.03. The molecule has 0 bridgehead atoms. The van der Waals surface area contributed by atoms with Gasteiger partial charge in [0.05, 0.1) is 0 Å². The lowest BCUT2D eigenvalue weighted by molar-refractivity contribution is -0.134. The first-order valence-corrected chi connectivity index (χ1v) is 7.15. The molecule has 1 aromatic carbocycles. The van der Waals surface area contributed by atoms with E-state index in [1.54, 1.807) is 44.2 Å². The van der Waals surface area contributed by atoms with E-state index in [1.807, 2.05) is 0 Å². The number of nitrogens with one attached hydrogen (secondary N) is 3. The zero-order chi connectivity index (χ0) is 17.0. The molecule has 8 heteroatoms. The Kier molecular flexibility index (Phi) is 4.63. The van der Waals surface area contributed by atoms with E-state index in [-0.39, 0.29) is 0 Å². The lowest BCUT2D eigenvalue weighted by atomic mass is 9.92. The molecule has 0 unspecified atom stereocenters. The summed E-state index contributed by atoms with van der Waals surface area (Å²) >= 11 is 0. The molecule has 1 fully saturated rings. The maximum atomic E-state index is 12.5. The number of nitrogens with zero attached hydrogens (tertiary/aromatic N) is 1. The second-order valence-electron chi connectivity index (χ2n) is 5.22. The van der Waals surface area contributed by atoms with E-state index < -0.39 is 36.0 Å². The largest absolute Gasteiger partial charge is 0.338 e. The van der Waals surface area contributed by atoms with Crippen LogP contribution in [0.3, 0.4) is 0 Å². The highest BCUT2D eigenvalue weighted by molar-refractivity contribution is 6.10. The fourth-order valence-electron chi connectivity index (χ4n) is 2.32. The highest BCUT2D eigenvalue weighted by Crippen LogP contribution is 2.28. The predicted molar refractivity (Wildman–Crippen MR) is 81.3 cm³/mol. The van der Waals surface area contributed by atoms with Crippen LogP contribution in [0.5, 0.6) is 0 Å². The molecule has 8 nitrogen and oxygen atoms in total. The molecule has 6 amide bonds. The first kappa shape index (κ1) is 16.5. The molecule has 0 aliphatic carbocycles. The number of amides is 6. The second-order valence-corrected chi connectivity index (χ2v) is 5.22. The first-order chi connectivity index (χ1) is 10.9. The van der Waals surface area contributed by atoms with Crippen molar-refractivity contribution in [2.75, 3.05) is 13.1 Å². The Morgan fingerprint density at radius 2 is 1.87 bits per heavy atom. The summed E-state index contributed by atoms with van der Waals surface area (Å²) in [5.41, 5.74) is -0.616. The molecule has 0 saturated carbocycles. The lowest BCUT2D eigenvalue weighted by Crippen LogP contribution is -2.46. The number of hydrogen-bond donors (Lipinski definition) is 3. The van der Waals surface area contributed by atoms with Gasteiger partial charge < -0.3 is 10.6 Å². The maximum Gasteiger partial charge on any atom is 0.325 e. The van der Waals surface area contributed by atoms with Gasteiger partial charge in [-0.25, -0.2) is 9.59 Å². The molecule has 1 saturated heterocycles. The third-order valence-corrected chi connectivity index (χ3v) is 3.52. The van der Waals surface area contributed by atoms with Crippen LogP contribution in [0.4, 0.5) is 9.59 Å². The minimum atomic E-state index is -1.23. The highest BCUT2D eigenvalue weighted by Gasteiger charge is 2.49. The van der Waals surface area contributed by atoms with E-state index in [1.165, 1.54) is 0 Å². The third-order valence-electron chi connectivity index (χ3n) is 3.52. The summed E-state index contributed by atoms with van der Waals surface area (Å²) in [5.74, 6) is -1.28. The maximum absolute atomic E-state index is 12.5. The Labute approximate surface area is 133 Å². The van der Waals surface area contributed by atoms with Crippen LogP contribution in [0.2, 0.25) is 0 Å². The van der Waals surface area contributed by atoms with E-state index in [0.29, 0.717) is 12.1 Å². The van der Waals surface area contributed by atoms with Crippen molar-refractivity contribution in [3.05, 3.63) is 35.9 Å². The monoisotopic (exact) mass is 318 g/mol. The van der Waals surface area contributed by atoms with Crippen molar-refractivity contribution in [3.63, 3.8) is 0 Å². The van der Waals surface area contributed by atoms with Crippen LogP contribution in [0, 0.1) is 0 Å². The molecule has 1 aliphatic heterocycles. The van der Waals surface area contributed by atoms with Crippen LogP contribution < -0.4 is 16.0 Å². The quantitative estimate of drug-likeness (QED) is 0.694. The summed E-state index contributed by atoms with van der Waals surface area (Å²) in [6.07, 6.45) is 0. The number of benzene rings is 1. The van der Waals surface area contributed by atoms with Gasteiger partial charge in [-0.2, -0.15) is 0 Å². The van der Waals surface area contributed by atoms with E-state index in [2.05, 4.69) is 16.0 Å². The van der Waals surface area contributed by atoms with Gasteiger partial charge in [0, 0.05) is 6.54 Å². The van der Waals surface area contributed by atoms with Gasteiger partial charge in [0.2, 0.25) is 5.91 Å². The van der Waals surface area contributed by atoms with Gasteiger partial charge in [-0.1, -0.05) is 30.3 Å². The Morgan fingerprint density at radius 1 is 1.22 bits per heavy atom. The summed E-state index contributed by atoms with van der Waals surface area (Å²) in [6.45, 7) is 3.11. The SMILES string of the molecule is CCNC(=O)NC(=O)CN1C(=O)N[C@@](C)(c2ccccc2)C1=O. The highest BCUT2D eigenvalue weighted by atomic mass is 16.2. The molecule has 23 heavy (non-hydrogen) atoms. The average Bonchev–Trinajstić information content (AvgIpc) is 2.73. The van der Waals surface area contributed by atoms with Gasteiger partial charge in [0.1, 0.15) is 12.1 Å². The Bertz CT molecular complexity index is 646. The standard InChI is InChI=1S/C15H18N4O4/c1-3-16-13(22)17-11(20)9-19-12(21)15(2,18-14(19)23)10-7-5-4-6-8-10/h4-8H,3,9H2,1-2H3,(H,18,23)(H2,16,17,20,22)/t15-/m0/s1. The van der Waals surface area contributed by atoms with Crippen LogP contribution in [-0.2, 0) is 15.1 Å². The van der Waals surface area contributed by atoms with Gasteiger partial charge in [0.15, 0.2) is 0 Å². The molecule has 0 spiro atoms. The first-order valence-electron chi connectivity index (χ1n) is 7.15. The van der Waals surface area contributed by atoms with Crippen molar-refractivity contribution in [1.82, 2.24) is 20.9 Å². The minimum absolute atomic E-state index is 0.355. The molecule has 2 rings (SSSR count). The van der Waals surface area contributed by atoms with Crippen molar-refractivity contribution < 1.29 is 19.2 Å². The summed E-state index contributed by atoms with van der Waals surface area (Å²) in [7, 11) is 0. The fraction of sp³-hybridized carbons (Fsp3) is 0.333. The summed E-state index contributed by atoms with van der Waals surface area (Å²) < 4.78 is 0. The van der Waals surface area contributed by atoms with Crippen molar-refractivity contribution in [1.29, 1.82) is 0 Å². The molecule has 1 aliphatic rings. The van der Waals surface area contributed by atoms with Gasteiger partial charge in [-0.3, -0.25) is 19.8 Å². The van der Waals surface area contributed by atoms with Gasteiger partial charge in [0.25, 0.3) is 5.91 Å². The lowest BCUT2D eigenvalue weighted by Gasteiger charge is -2.22. The minimum Gasteiger partial charge on any atom is -0.338 e. The molecule has 0 radical (unpaired) electrons. The number of carbonyl (C=O) groups excluding carboxylic acids is 4. The van der Waals surface area contributed by atoms with Crippen LogP contribution >= 0.6 is 0 Å². The smallest absolute Gasteiger partial charge is 0.325 e. The molecule has 0 aromatic heterocycles. The van der Waals surface area contributed by atoms with Crippen LogP contribution in [0.25, 0.3) is 0 Å². The molecular weight excluding hydrogens is 300 g/mol. The summed E-state index contributed by atoms with van der Waals surface area (Å²) in [4.78, 5) is 48.4. The van der Waals surface area contributed by atoms with Gasteiger partial charge in [-0.05, 0) is 19.4 Å². The number of urea groups is 2. The molecular formula is C15H18N4O4. The van der Waals surface area contributed by atoms with Crippen molar-refractivity contribution in [2.45, 2.75) is 19.4 Å². The predicted octanol–water partition coefficient (Wildman–Crippen LogP) is 0.299. The van der Waals surface area contributed by atoms with Crippen LogP contribution in [0.1, 0.15) is 19.4 Å². The average molecular weight is 318 g/mol. The molecule has 1 heterocycles. The van der Waals surface area contributed by atoms with E-state index >= 15 is 0 Å². The Morgan fingerprint density at radius 3 is 2.48 bits per heavy atom.